The van der Waals surface area contributed by atoms with E-state index < -0.39 is 0 Å². The molecule has 4 rings (SSSR count). The predicted octanol–water partition coefficient (Wildman–Crippen LogP) is 4.47. The largest absolute Gasteiger partial charge is 0.371 e. The lowest BCUT2D eigenvalue weighted by Crippen LogP contribution is -2.20. The number of rotatable bonds is 3. The van der Waals surface area contributed by atoms with Gasteiger partial charge >= 0.3 is 0 Å². The first kappa shape index (κ1) is 16.0. The van der Waals surface area contributed by atoms with Gasteiger partial charge in [0.05, 0.1) is 5.02 Å². The van der Waals surface area contributed by atoms with Crippen molar-refractivity contribution >= 4 is 39.8 Å². The zero-order valence-corrected chi connectivity index (χ0v) is 15.1. The SMILES string of the molecule is CCN1CCc2ccc(NC(=O)c3c(Cl)c4ccccc4n3C)cc21. The van der Waals surface area contributed by atoms with Crippen LogP contribution in [0.2, 0.25) is 5.02 Å². The van der Waals surface area contributed by atoms with Crippen LogP contribution in [0, 0.1) is 0 Å². The highest BCUT2D eigenvalue weighted by Gasteiger charge is 2.21. The van der Waals surface area contributed by atoms with Crippen molar-refractivity contribution in [2.24, 2.45) is 7.05 Å². The van der Waals surface area contributed by atoms with Gasteiger partial charge < -0.3 is 14.8 Å². The molecule has 2 heterocycles. The molecule has 0 unspecified atom stereocenters. The number of benzene rings is 2. The Balaban J connectivity index is 1.68. The lowest BCUT2D eigenvalue weighted by Gasteiger charge is -2.17. The van der Waals surface area contributed by atoms with Gasteiger partial charge in [-0.15, -0.1) is 0 Å². The molecule has 0 fully saturated rings. The van der Waals surface area contributed by atoms with E-state index in [1.807, 2.05) is 41.9 Å². The number of hydrogen-bond donors (Lipinski definition) is 1. The molecule has 0 radical (unpaired) electrons. The van der Waals surface area contributed by atoms with E-state index in [0.717, 1.165) is 36.1 Å². The number of halogens is 1. The van der Waals surface area contributed by atoms with E-state index in [1.54, 1.807) is 0 Å². The van der Waals surface area contributed by atoms with Crippen LogP contribution in [-0.2, 0) is 13.5 Å². The lowest BCUT2D eigenvalue weighted by atomic mass is 10.1. The molecule has 128 valence electrons. The zero-order chi connectivity index (χ0) is 17.6. The number of likely N-dealkylation sites (N-methyl/N-ethyl adjacent to an activating group) is 1. The summed E-state index contributed by atoms with van der Waals surface area (Å²) in [6.07, 6.45) is 1.06. The number of carbonyl (C=O) groups is 1. The van der Waals surface area contributed by atoms with Gasteiger partial charge in [-0.3, -0.25) is 4.79 Å². The van der Waals surface area contributed by atoms with Gasteiger partial charge in [-0.25, -0.2) is 0 Å². The number of anilines is 2. The molecule has 2 aromatic carbocycles. The van der Waals surface area contributed by atoms with Gasteiger partial charge in [0.1, 0.15) is 5.69 Å². The van der Waals surface area contributed by atoms with Crippen LogP contribution >= 0.6 is 11.6 Å². The first-order chi connectivity index (χ1) is 12.1. The van der Waals surface area contributed by atoms with Crippen molar-refractivity contribution in [1.82, 2.24) is 4.57 Å². The second-order valence-electron chi connectivity index (χ2n) is 6.37. The summed E-state index contributed by atoms with van der Waals surface area (Å²) in [5.74, 6) is -0.190. The third-order valence-corrected chi connectivity index (χ3v) is 5.36. The summed E-state index contributed by atoms with van der Waals surface area (Å²) in [6.45, 7) is 4.16. The molecule has 1 amide bonds. The Labute approximate surface area is 152 Å². The molecular weight excluding hydrogens is 334 g/mol. The van der Waals surface area contributed by atoms with E-state index in [0.29, 0.717) is 10.7 Å². The summed E-state index contributed by atoms with van der Waals surface area (Å²) in [6, 6.07) is 13.9. The number of para-hydroxylation sites is 1. The molecule has 0 atom stereocenters. The number of carbonyl (C=O) groups excluding carboxylic acids is 1. The van der Waals surface area contributed by atoms with Gasteiger partial charge in [-0.2, -0.15) is 0 Å². The second kappa shape index (κ2) is 6.12. The van der Waals surface area contributed by atoms with Crippen molar-refractivity contribution in [3.8, 4) is 0 Å². The normalized spacial score (nSPS) is 13.3. The minimum Gasteiger partial charge on any atom is -0.371 e. The molecule has 0 spiro atoms. The molecule has 0 saturated heterocycles. The van der Waals surface area contributed by atoms with Crippen LogP contribution in [0.1, 0.15) is 23.0 Å². The number of fused-ring (bicyclic) bond motifs is 2. The first-order valence-corrected chi connectivity index (χ1v) is 8.90. The van der Waals surface area contributed by atoms with Crippen molar-refractivity contribution in [2.75, 3.05) is 23.3 Å². The topological polar surface area (TPSA) is 37.3 Å². The van der Waals surface area contributed by atoms with Crippen LogP contribution in [-0.4, -0.2) is 23.6 Å². The minimum absolute atomic E-state index is 0.190. The van der Waals surface area contributed by atoms with Crippen molar-refractivity contribution in [1.29, 1.82) is 0 Å². The molecule has 0 bridgehead atoms. The highest BCUT2D eigenvalue weighted by molar-refractivity contribution is 6.39. The Morgan fingerprint density at radius 1 is 1.24 bits per heavy atom. The lowest BCUT2D eigenvalue weighted by molar-refractivity contribution is 0.102. The number of nitrogens with zero attached hydrogens (tertiary/aromatic N) is 2. The molecule has 0 aliphatic carbocycles. The number of amides is 1. The third-order valence-electron chi connectivity index (χ3n) is 4.98. The van der Waals surface area contributed by atoms with Gasteiger partial charge in [0.15, 0.2) is 0 Å². The fourth-order valence-electron chi connectivity index (χ4n) is 3.64. The summed E-state index contributed by atoms with van der Waals surface area (Å²) in [5, 5.41) is 4.39. The summed E-state index contributed by atoms with van der Waals surface area (Å²) in [7, 11) is 1.87. The summed E-state index contributed by atoms with van der Waals surface area (Å²) in [4.78, 5) is 15.2. The maximum Gasteiger partial charge on any atom is 0.273 e. The maximum absolute atomic E-state index is 12.8. The van der Waals surface area contributed by atoms with E-state index in [2.05, 4.69) is 29.3 Å². The third kappa shape index (κ3) is 2.57. The monoisotopic (exact) mass is 353 g/mol. The molecule has 5 heteroatoms. The fourth-order valence-corrected chi connectivity index (χ4v) is 4.01. The molecule has 4 nitrogen and oxygen atoms in total. The van der Waals surface area contributed by atoms with Crippen LogP contribution in [0.15, 0.2) is 42.5 Å². The summed E-state index contributed by atoms with van der Waals surface area (Å²) in [5.41, 5.74) is 4.77. The molecule has 1 aliphatic heterocycles. The quantitative estimate of drug-likeness (QED) is 0.754. The smallest absolute Gasteiger partial charge is 0.273 e. The van der Waals surface area contributed by atoms with E-state index in [1.165, 1.54) is 11.3 Å². The Bertz CT molecular complexity index is 937. The minimum atomic E-state index is -0.190. The van der Waals surface area contributed by atoms with Crippen LogP contribution in [0.3, 0.4) is 0 Å². The van der Waals surface area contributed by atoms with Gasteiger partial charge in [-0.05, 0) is 37.1 Å². The highest BCUT2D eigenvalue weighted by atomic mass is 35.5. The number of aryl methyl sites for hydroxylation is 1. The van der Waals surface area contributed by atoms with Crippen LogP contribution < -0.4 is 10.2 Å². The Morgan fingerprint density at radius 3 is 2.80 bits per heavy atom. The van der Waals surface area contributed by atoms with Crippen molar-refractivity contribution < 1.29 is 4.79 Å². The van der Waals surface area contributed by atoms with E-state index in [9.17, 15) is 4.79 Å². The van der Waals surface area contributed by atoms with E-state index in [4.69, 9.17) is 11.6 Å². The molecule has 25 heavy (non-hydrogen) atoms. The Morgan fingerprint density at radius 2 is 2.04 bits per heavy atom. The van der Waals surface area contributed by atoms with E-state index >= 15 is 0 Å². The molecule has 1 N–H and O–H groups in total. The molecular formula is C20H20ClN3O. The standard InChI is InChI=1S/C20H20ClN3O/c1-3-24-11-10-13-8-9-14(12-17(13)24)22-20(25)19-18(21)15-6-4-5-7-16(15)23(19)2/h4-9,12H,3,10-11H2,1-2H3,(H,22,25). The summed E-state index contributed by atoms with van der Waals surface area (Å²) >= 11 is 6.47. The molecule has 3 aromatic rings. The molecule has 1 aliphatic rings. The van der Waals surface area contributed by atoms with E-state index in [-0.39, 0.29) is 5.91 Å². The Kier molecular flexibility index (Phi) is 3.92. The number of nitrogens with one attached hydrogen (secondary N) is 1. The second-order valence-corrected chi connectivity index (χ2v) is 6.74. The fraction of sp³-hybridized carbons (Fsp3) is 0.250. The van der Waals surface area contributed by atoms with Gasteiger partial charge in [-0.1, -0.05) is 35.9 Å². The maximum atomic E-state index is 12.8. The van der Waals surface area contributed by atoms with Gasteiger partial charge in [0.25, 0.3) is 5.91 Å². The first-order valence-electron chi connectivity index (χ1n) is 8.52. The van der Waals surface area contributed by atoms with Gasteiger partial charge in [0.2, 0.25) is 0 Å². The van der Waals surface area contributed by atoms with Gasteiger partial charge in [0, 0.05) is 42.4 Å². The zero-order valence-electron chi connectivity index (χ0n) is 14.3. The molecule has 0 saturated carbocycles. The van der Waals surface area contributed by atoms with Crippen LogP contribution in [0.25, 0.3) is 10.9 Å². The van der Waals surface area contributed by atoms with Crippen molar-refractivity contribution in [3.05, 3.63) is 58.7 Å². The average molecular weight is 354 g/mol. The number of hydrogen-bond acceptors (Lipinski definition) is 2. The van der Waals surface area contributed by atoms with Crippen LogP contribution in [0.5, 0.6) is 0 Å². The summed E-state index contributed by atoms with van der Waals surface area (Å²) < 4.78 is 1.85. The Hall–Kier alpha value is -2.46. The average Bonchev–Trinajstić information content (AvgIpc) is 3.14. The number of aromatic nitrogens is 1. The van der Waals surface area contributed by atoms with Crippen molar-refractivity contribution in [3.63, 3.8) is 0 Å². The van der Waals surface area contributed by atoms with Crippen LogP contribution in [0.4, 0.5) is 11.4 Å². The highest BCUT2D eigenvalue weighted by Crippen LogP contribution is 2.32. The van der Waals surface area contributed by atoms with Crippen molar-refractivity contribution in [2.45, 2.75) is 13.3 Å². The molecule has 1 aromatic heterocycles. The predicted molar refractivity (Wildman–Crippen MR) is 104 cm³/mol.